The average molecular weight is 2080 g/mol. The number of aliphatic carboxylic acids is 3. The number of nitrogens with zero attached hydrogens (tertiary/aromatic N) is 4. The maximum absolute atomic E-state index is 12.7. The van der Waals surface area contributed by atoms with E-state index < -0.39 is 123 Å². The second-order valence-electron chi connectivity index (χ2n) is 36.2. The van der Waals surface area contributed by atoms with Gasteiger partial charge in [0.15, 0.2) is 16.6 Å². The van der Waals surface area contributed by atoms with Gasteiger partial charge in [0.2, 0.25) is 0 Å². The predicted molar refractivity (Wildman–Crippen MR) is 502 cm³/mol. The Morgan fingerprint density at radius 3 is 1.10 bits per heavy atom. The van der Waals surface area contributed by atoms with E-state index >= 15 is 0 Å². The molecule has 3 aromatic carbocycles. The average Bonchev–Trinajstić information content (AvgIpc) is 1.61. The molecule has 0 saturated carbocycles. The van der Waals surface area contributed by atoms with Crippen molar-refractivity contribution in [2.75, 3.05) is 91.2 Å². The van der Waals surface area contributed by atoms with Crippen LogP contribution >= 0.6 is 36.6 Å². The molecule has 6 unspecified atom stereocenters. The van der Waals surface area contributed by atoms with Gasteiger partial charge in [-0.05, 0) is 258 Å². The van der Waals surface area contributed by atoms with E-state index in [1.807, 2.05) is 97.9 Å². The number of carbonyl (C=O) groups excluding carboxylic acids is 9. The zero-order chi connectivity index (χ0) is 98.9. The zero-order valence-electron chi connectivity index (χ0n) is 85.7. The van der Waals surface area contributed by atoms with E-state index in [4.69, 9.17) is 74.9 Å². The first-order chi connectivity index (χ1) is 60.6. The van der Waals surface area contributed by atoms with Gasteiger partial charge < -0.3 is 107 Å². The summed E-state index contributed by atoms with van der Waals surface area (Å²) in [5.41, 5.74) is -4.82. The Kier molecular flexibility index (Phi) is 70.0. The molecule has 6 saturated heterocycles. The number of aliphatic hydroxyl groups excluding tert-OH is 1. The van der Waals surface area contributed by atoms with Crippen molar-refractivity contribution in [1.82, 2.24) is 30.2 Å². The Morgan fingerprint density at radius 1 is 0.467 bits per heavy atom. The van der Waals surface area contributed by atoms with Crippen molar-refractivity contribution < 1.29 is 217 Å². The quantitative estimate of drug-likeness (QED) is 0.00991. The van der Waals surface area contributed by atoms with E-state index in [9.17, 15) is 72.9 Å². The number of carbonyl (C=O) groups is 12. The third-order valence-corrected chi connectivity index (χ3v) is 18.6. The Bertz CT molecular complexity index is 3900. The van der Waals surface area contributed by atoms with E-state index in [2.05, 4.69) is 28.0 Å². The summed E-state index contributed by atoms with van der Waals surface area (Å²) >= 11 is 8.78. The molecule has 768 valence electrons. The summed E-state index contributed by atoms with van der Waals surface area (Å²) in [7, 11) is 0. The van der Waals surface area contributed by atoms with Crippen LogP contribution in [0, 0.1) is 7.43 Å². The molecule has 0 aromatic heterocycles. The molecular weight excluding hydrogens is 1920 g/mol. The van der Waals surface area contributed by atoms with Crippen LogP contribution in [-0.2, 0) is 131 Å². The Morgan fingerprint density at radius 2 is 0.785 bits per heavy atom. The van der Waals surface area contributed by atoms with Crippen LogP contribution in [-0.4, -0.2) is 278 Å². The molecule has 42 heteroatoms. The normalized spacial score (nSPS) is 18.9. The van der Waals surface area contributed by atoms with Crippen LogP contribution in [0.15, 0.2) is 91.0 Å². The van der Waals surface area contributed by atoms with Gasteiger partial charge in [0, 0.05) is 48.0 Å². The smallest absolute Gasteiger partial charge is 1.00 e. The first kappa shape index (κ1) is 137. The van der Waals surface area contributed by atoms with Gasteiger partial charge in [0.05, 0.1) is 59.5 Å². The number of thiol groups is 1. The molecule has 0 spiro atoms. The summed E-state index contributed by atoms with van der Waals surface area (Å²) in [6.07, 6.45) is 4.06. The molecule has 135 heavy (non-hydrogen) atoms. The third-order valence-electron chi connectivity index (χ3n) is 18.5. The van der Waals surface area contributed by atoms with E-state index in [0.29, 0.717) is 97.7 Å². The second-order valence-corrected chi connectivity index (χ2v) is 36.4. The minimum atomic E-state index is -1.53. The van der Waals surface area contributed by atoms with E-state index in [-0.39, 0.29) is 158 Å². The predicted octanol–water partition coefficient (Wildman–Crippen LogP) is 10.1. The minimum absolute atomic E-state index is 0. The monoisotopic (exact) mass is 2070 g/mol. The van der Waals surface area contributed by atoms with Crippen LogP contribution < -0.4 is 59.1 Å². The Balaban J connectivity index is -0.000000285. The number of hydrogen-bond acceptors (Lipinski definition) is 30. The van der Waals surface area contributed by atoms with Gasteiger partial charge >= 0.3 is 121 Å². The third kappa shape index (κ3) is 55.1. The molecule has 9 rings (SSSR count). The molecule has 6 aliphatic rings. The Hall–Kier alpha value is -6.79. The summed E-state index contributed by atoms with van der Waals surface area (Å²) in [5, 5.41) is 42.5. The first-order valence-corrected chi connectivity index (χ1v) is 44.5. The number of carboxylic acids is 3. The largest absolute Gasteiger partial charge is 1.00 e. The number of aliphatic hydroxyl groups is 1. The van der Waals surface area contributed by atoms with Crippen molar-refractivity contribution >= 4 is 109 Å². The van der Waals surface area contributed by atoms with Gasteiger partial charge in [-0.25, -0.2) is 47.9 Å². The maximum Gasteiger partial charge on any atom is 1.00 e. The minimum Gasteiger partial charge on any atom is -1.00 e. The van der Waals surface area contributed by atoms with E-state index in [1.165, 1.54) is 14.7 Å². The first-order valence-electron chi connectivity index (χ1n) is 44.0. The molecule has 6 atom stereocenters. The van der Waals surface area contributed by atoms with Gasteiger partial charge in [-0.2, -0.15) is 12.6 Å². The van der Waals surface area contributed by atoms with Crippen molar-refractivity contribution in [1.29, 1.82) is 0 Å². The molecule has 6 fully saturated rings. The number of hydrogen-bond donors (Lipinski definition) is 7. The number of amides is 4. The van der Waals surface area contributed by atoms with Gasteiger partial charge in [-0.3, -0.25) is 29.2 Å². The molecule has 0 aliphatic carbocycles. The molecule has 4 amide bonds. The van der Waals surface area contributed by atoms with Crippen molar-refractivity contribution in [3.8, 4) is 0 Å². The fourth-order valence-corrected chi connectivity index (χ4v) is 13.0. The topological polar surface area (TPSA) is 473 Å². The summed E-state index contributed by atoms with van der Waals surface area (Å²) in [6.45, 7) is 41.8. The molecule has 0 bridgehead atoms. The molecule has 36 nitrogen and oxygen atoms in total. The molecule has 6 heterocycles. The number of benzene rings is 3. The summed E-state index contributed by atoms with van der Waals surface area (Å²) in [5.74, 6) is -3.84. The second kappa shape index (κ2) is 69.1. The fraction of sp³-hybridized carbons (Fsp3) is 0.667. The van der Waals surface area contributed by atoms with Crippen LogP contribution in [0.3, 0.4) is 0 Å². The van der Waals surface area contributed by atoms with Gasteiger partial charge in [-0.15, -0.1) is 12.4 Å². The van der Waals surface area contributed by atoms with Crippen molar-refractivity contribution in [3.63, 3.8) is 0 Å². The molecule has 0 radical (unpaired) electrons. The van der Waals surface area contributed by atoms with Gasteiger partial charge in [-0.1, -0.05) is 103 Å². The molecule has 7 N–H and O–H groups in total. The summed E-state index contributed by atoms with van der Waals surface area (Å²) < 4.78 is 72.6. The summed E-state index contributed by atoms with van der Waals surface area (Å²) in [6, 6.07) is 28.7. The zero-order valence-corrected chi connectivity index (χ0v) is 89.7. The van der Waals surface area contributed by atoms with Crippen molar-refractivity contribution in [2.24, 2.45) is 0 Å². The van der Waals surface area contributed by atoms with E-state index in [1.54, 1.807) is 138 Å². The number of likely N-dealkylation sites (tertiary alicyclic amines) is 4. The van der Waals surface area contributed by atoms with E-state index in [0.717, 1.165) is 66.8 Å². The van der Waals surface area contributed by atoms with Gasteiger partial charge in [0.25, 0.3) is 0 Å². The number of nitrogens with one attached hydrogen (secondary N) is 2. The molecule has 6 aliphatic heterocycles. The number of carboxylic acid groups (broad SMARTS) is 3. The maximum atomic E-state index is 12.7. The van der Waals surface area contributed by atoms with Crippen molar-refractivity contribution in [2.45, 2.75) is 311 Å². The number of alkyl halides is 1. The van der Waals surface area contributed by atoms with Crippen LogP contribution in [0.25, 0.3) is 0 Å². The Labute approximate surface area is 866 Å². The number of halogens is 2. The number of rotatable bonds is 21. The van der Waals surface area contributed by atoms with Crippen molar-refractivity contribution in [3.05, 3.63) is 115 Å². The number of ether oxygens (including phenoxy) is 13. The molecular formula is C93H153Cl2LiN6NaO30PdS-. The van der Waals surface area contributed by atoms with Crippen LogP contribution in [0.4, 0.5) is 28.8 Å². The van der Waals surface area contributed by atoms with Crippen LogP contribution in [0.5, 0.6) is 0 Å². The van der Waals surface area contributed by atoms with Crippen LogP contribution in [0.1, 0.15) is 242 Å². The van der Waals surface area contributed by atoms with Gasteiger partial charge in [0.1, 0.15) is 57.8 Å². The summed E-state index contributed by atoms with van der Waals surface area (Å²) in [4.78, 5) is 145. The standard InChI is InChI=1S/C20H29NO5.C18H25NO5.C12H21NO4.C11H19NO5.C10H18O5.C8H9ClO.C7H13NO2.C5H9NO2.CH4S.CH3.ClH.Li.Na.H2O.Pd.H/c1-5-25-17(22)20(15-24-14-16-10-7-6-8-11-16)12-9-13-21(20)18(23)26-19(2,3)4;1-17(2,3)24-16(22)19-11-7-10-18(19,15(20)21)13-23-12-14-8-5-4-6-9-14;1-5-16-10(14)9-7-6-8-13(9)11(15)17-12(2,3)4;1-10(2,3)17-9(16)12-6-4-5-11(12,7-13)8(14)15;1-9(2,3)14-7(11)13-8(12)15-10(4,5)6;9-7-10-6-8-4-2-1-3-5-8;1-2-10-7(9)6-4-3-5-8-6;7-5(8)4-2-1-3-6-4;1-2;;;;;;;/h6-8,10-11H,5,9,12-15H2,1-4H3;4-6,8-9H,7,10-13H2,1-3H3,(H,20,21);9H,5-8H2,1-4H3;13H,4-7H2,1-3H3,(H,14,15);1-6H3;1-5H,6-7H2;6,8H,2-5H2,1H3;4,6H,1-3H2,(H,7,8);2H,1H3;1H3;1H;;;1H2;;/q;;;;;;;;;-1;;2*+1;;;-1/p-1/i;;;;;;;;1D;;;;;;;. The SMILES string of the molecule is CC(C)(C)OC(=O)N1CCCC1(CO)C(=O)O.CC(C)(C)OC(=O)N1CCCC1(COCc1ccccc1)C(=O)O.CC(C)(C)OC(=O)OC(=O)OC(C)(C)C.CCOC(=O)C1(COCc2ccccc2)CCCN1C(=O)OC(C)(C)C.CCOC(=O)C1CCCN1.CCOC(=O)C1CCCN1C(=O)OC(C)(C)C.Cl.ClCOCc1ccccc1.O=C(O)C1CCCN1.[2H]CS.[CH3-].[H-].[Li+].[Na+].[OH-].[Pd]. The van der Waals surface area contributed by atoms with Crippen LogP contribution in [0.2, 0.25) is 0 Å². The fourth-order valence-electron chi connectivity index (χ4n) is 12.9. The number of esters is 3. The molecule has 3 aromatic rings.